The summed E-state index contributed by atoms with van der Waals surface area (Å²) in [5, 5.41) is 0. The van der Waals surface area contributed by atoms with E-state index in [9.17, 15) is 0 Å². The van der Waals surface area contributed by atoms with Crippen molar-refractivity contribution in [2.45, 2.75) is 286 Å². The molecule has 0 aromatic carbocycles. The number of unbranched alkanes of at least 4 members (excludes halogenated alkanes) is 28. The maximum atomic E-state index is 2.69. The van der Waals surface area contributed by atoms with Crippen molar-refractivity contribution in [1.29, 1.82) is 0 Å². The Morgan fingerprint density at radius 1 is 0.411 bits per heavy atom. The fourth-order valence-corrected chi connectivity index (χ4v) is 10.5. The van der Waals surface area contributed by atoms with E-state index < -0.39 is 0 Å². The van der Waals surface area contributed by atoms with Gasteiger partial charge in [0.2, 0.25) is 0 Å². The van der Waals surface area contributed by atoms with E-state index in [2.05, 4.69) is 67.5 Å². The van der Waals surface area contributed by atoms with Crippen LogP contribution in [0.1, 0.15) is 286 Å². The number of rotatable bonds is 42. The Balaban J connectivity index is 2.59. The normalized spacial score (nSPS) is 16.0. The fourth-order valence-electron chi connectivity index (χ4n) is 10.5. The van der Waals surface area contributed by atoms with E-state index >= 15 is 0 Å². The maximum absolute atomic E-state index is 2.69. The lowest BCUT2D eigenvalue weighted by atomic mass is 9.66. The van der Waals surface area contributed by atoms with Crippen molar-refractivity contribution in [3.63, 3.8) is 0 Å². The Morgan fingerprint density at radius 2 is 0.750 bits per heavy atom. The molecule has 334 valence electrons. The lowest BCUT2D eigenvalue weighted by Crippen LogP contribution is -2.30. The molecule has 0 aromatic rings. The van der Waals surface area contributed by atoms with Crippen molar-refractivity contribution in [2.75, 3.05) is 20.6 Å². The molecule has 0 spiro atoms. The maximum Gasteiger partial charge on any atom is -0.00248 e. The summed E-state index contributed by atoms with van der Waals surface area (Å²) in [6.45, 7) is 19.1. The smallest absolute Gasteiger partial charge is 0.00248 e. The second-order valence-electron chi connectivity index (χ2n) is 20.4. The Labute approximate surface area is 357 Å². The zero-order valence-corrected chi connectivity index (χ0v) is 40.8. The summed E-state index contributed by atoms with van der Waals surface area (Å²) in [4.78, 5) is 2.35. The Morgan fingerprint density at radius 3 is 1.09 bits per heavy atom. The fraction of sp³-hybridized carbons (Fsp3) is 0.964. The van der Waals surface area contributed by atoms with Crippen LogP contribution in [-0.2, 0) is 0 Å². The monoisotopic (exact) mass is 784 g/mol. The molecule has 1 aliphatic rings. The van der Waals surface area contributed by atoms with Crippen molar-refractivity contribution < 1.29 is 0 Å². The molecule has 56 heavy (non-hydrogen) atoms. The predicted molar refractivity (Wildman–Crippen MR) is 257 cm³/mol. The van der Waals surface area contributed by atoms with Crippen LogP contribution in [-0.4, -0.2) is 25.5 Å². The highest BCUT2D eigenvalue weighted by molar-refractivity contribution is 5.24. The second kappa shape index (κ2) is 37.7. The number of nitrogens with zero attached hydrogens (tertiary/aromatic N) is 1. The van der Waals surface area contributed by atoms with Gasteiger partial charge in [0.1, 0.15) is 0 Å². The van der Waals surface area contributed by atoms with Gasteiger partial charge >= 0.3 is 0 Å². The predicted octanol–water partition coefficient (Wildman–Crippen LogP) is 19.1. The zero-order valence-electron chi connectivity index (χ0n) is 40.8. The van der Waals surface area contributed by atoms with Gasteiger partial charge in [-0.15, -0.1) is 0 Å². The van der Waals surface area contributed by atoms with Crippen molar-refractivity contribution in [3.8, 4) is 0 Å². The molecule has 5 atom stereocenters. The van der Waals surface area contributed by atoms with Crippen LogP contribution in [0.5, 0.6) is 0 Å². The van der Waals surface area contributed by atoms with Gasteiger partial charge in [0, 0.05) is 0 Å². The highest BCUT2D eigenvalue weighted by atomic mass is 15.0. The van der Waals surface area contributed by atoms with Gasteiger partial charge in [-0.3, -0.25) is 0 Å². The van der Waals surface area contributed by atoms with Crippen LogP contribution < -0.4 is 0 Å². The summed E-state index contributed by atoms with van der Waals surface area (Å²) in [5.74, 6) is 4.85. The van der Waals surface area contributed by atoms with Gasteiger partial charge in [-0.2, -0.15) is 0 Å². The van der Waals surface area contributed by atoms with Crippen LogP contribution in [0.4, 0.5) is 0 Å². The minimum atomic E-state index is 0.738. The molecule has 0 saturated heterocycles. The van der Waals surface area contributed by atoms with E-state index in [1.807, 2.05) is 11.1 Å². The molecule has 1 nitrogen and oxygen atoms in total. The van der Waals surface area contributed by atoms with Crippen molar-refractivity contribution in [3.05, 3.63) is 11.1 Å². The van der Waals surface area contributed by atoms with E-state index in [0.717, 1.165) is 35.5 Å². The number of hydrogen-bond donors (Lipinski definition) is 0. The van der Waals surface area contributed by atoms with Gasteiger partial charge in [-0.05, 0) is 88.3 Å². The molecule has 0 N–H and O–H groups in total. The molecule has 0 aliphatic heterocycles. The summed E-state index contributed by atoms with van der Waals surface area (Å²) in [6.07, 6.45) is 53.8. The average molecular weight is 784 g/mol. The topological polar surface area (TPSA) is 3.24 Å². The van der Waals surface area contributed by atoms with E-state index in [-0.39, 0.29) is 0 Å². The summed E-state index contributed by atoms with van der Waals surface area (Å²) >= 11 is 0. The molecular formula is C55H109N. The Kier molecular flexibility index (Phi) is 36.1. The van der Waals surface area contributed by atoms with Crippen LogP contribution in [0, 0.1) is 35.5 Å². The number of hydrogen-bond acceptors (Lipinski definition) is 1. The molecule has 1 fully saturated rings. The van der Waals surface area contributed by atoms with E-state index in [1.54, 1.807) is 0 Å². The van der Waals surface area contributed by atoms with Gasteiger partial charge in [-0.1, -0.05) is 265 Å². The van der Waals surface area contributed by atoms with Gasteiger partial charge in [-0.25, -0.2) is 0 Å². The van der Waals surface area contributed by atoms with Crippen LogP contribution in [0.15, 0.2) is 11.1 Å². The van der Waals surface area contributed by atoms with Crippen molar-refractivity contribution >= 4 is 0 Å². The lowest BCUT2D eigenvalue weighted by Gasteiger charge is -2.39. The second-order valence-corrected chi connectivity index (χ2v) is 20.4. The first-order valence-electron chi connectivity index (χ1n) is 26.6. The quantitative estimate of drug-likeness (QED) is 0.0440. The standard InChI is InChI=1S/C55H109N/c1-10-12-14-16-18-20-22-24-26-28-30-32-34-38-43-53(44-39-35-33-31-29-27-25-23-21-19-17-15-13-11-2)51(6)49(4)50(5)52(7)55(54-45-41-46-54)48(3)42-37-36-40-47-56(8)9/h48-53H,10-47H2,1-9H3. The zero-order chi connectivity index (χ0) is 41.1. The Bertz CT molecular complexity index is 817. The highest BCUT2D eigenvalue weighted by Gasteiger charge is 2.33. The molecule has 0 aromatic heterocycles. The van der Waals surface area contributed by atoms with Crippen LogP contribution in [0.25, 0.3) is 0 Å². The van der Waals surface area contributed by atoms with Crippen molar-refractivity contribution in [1.82, 2.24) is 4.90 Å². The first-order valence-corrected chi connectivity index (χ1v) is 26.6. The Hall–Kier alpha value is -0.300. The molecular weight excluding hydrogens is 675 g/mol. The first-order chi connectivity index (χ1) is 27.2. The third-order valence-electron chi connectivity index (χ3n) is 15.2. The van der Waals surface area contributed by atoms with E-state index in [4.69, 9.17) is 0 Å². The molecule has 0 heterocycles. The van der Waals surface area contributed by atoms with Gasteiger partial charge in [0.25, 0.3) is 0 Å². The summed E-state index contributed by atoms with van der Waals surface area (Å²) in [6, 6.07) is 0. The number of allylic oxidation sites excluding steroid dienone is 2. The van der Waals surface area contributed by atoms with E-state index in [0.29, 0.717) is 0 Å². The molecule has 1 saturated carbocycles. The van der Waals surface area contributed by atoms with Crippen LogP contribution in [0.2, 0.25) is 0 Å². The highest BCUT2D eigenvalue weighted by Crippen LogP contribution is 2.44. The molecule has 0 radical (unpaired) electrons. The third kappa shape index (κ3) is 27.5. The van der Waals surface area contributed by atoms with Crippen LogP contribution in [0.3, 0.4) is 0 Å². The molecule has 1 aliphatic carbocycles. The summed E-state index contributed by atoms with van der Waals surface area (Å²) in [7, 11) is 4.44. The lowest BCUT2D eigenvalue weighted by molar-refractivity contribution is 0.151. The summed E-state index contributed by atoms with van der Waals surface area (Å²) < 4.78 is 0. The van der Waals surface area contributed by atoms with E-state index in [1.165, 1.54) is 244 Å². The van der Waals surface area contributed by atoms with Gasteiger partial charge in [0.05, 0.1) is 0 Å². The first kappa shape index (κ1) is 53.7. The molecule has 0 bridgehead atoms. The largest absolute Gasteiger partial charge is 0.309 e. The molecule has 5 unspecified atom stereocenters. The van der Waals surface area contributed by atoms with Gasteiger partial charge in [0.15, 0.2) is 0 Å². The minimum absolute atomic E-state index is 0.738. The van der Waals surface area contributed by atoms with Gasteiger partial charge < -0.3 is 4.90 Å². The average Bonchev–Trinajstić information content (AvgIpc) is 3.17. The minimum Gasteiger partial charge on any atom is -0.309 e. The molecule has 1 heteroatoms. The van der Waals surface area contributed by atoms with Crippen molar-refractivity contribution in [2.24, 2.45) is 35.5 Å². The molecule has 0 amide bonds. The summed E-state index contributed by atoms with van der Waals surface area (Å²) in [5.41, 5.74) is 3.78. The van der Waals surface area contributed by atoms with Crippen LogP contribution >= 0.6 is 0 Å². The SMILES string of the molecule is CCCCCCCCCCCCCCCCC(CCCCCCCCCCCCCCCC)C(C)C(C)C(C)C(C)C(=C1CCC1)C(C)CCCCCN(C)C. The third-order valence-corrected chi connectivity index (χ3v) is 15.2. The molecule has 1 rings (SSSR count).